The maximum atomic E-state index is 13.9. The fourth-order valence-corrected chi connectivity index (χ4v) is 8.15. The average molecular weight is 1170 g/mol. The number of ether oxygens (including phenoxy) is 10. The first-order valence-electron chi connectivity index (χ1n) is 28.8. The summed E-state index contributed by atoms with van der Waals surface area (Å²) in [5, 5.41) is 6.45. The van der Waals surface area contributed by atoms with Crippen LogP contribution in [0.5, 0.6) is 34.5 Å². The molecule has 0 unspecified atom stereocenters. The highest BCUT2D eigenvalue weighted by atomic mass is 16.6. The summed E-state index contributed by atoms with van der Waals surface area (Å²) >= 11 is 0. The largest absolute Gasteiger partial charge is 0.494 e. The summed E-state index contributed by atoms with van der Waals surface area (Å²) in [6.07, 6.45) is 18.6. The molecule has 0 fully saturated rings. The zero-order valence-electron chi connectivity index (χ0n) is 48.4. The first kappa shape index (κ1) is 66.6. The second-order valence-corrected chi connectivity index (χ2v) is 19.3. The maximum absolute atomic E-state index is 13.9. The molecule has 5 aromatic rings. The van der Waals surface area contributed by atoms with Gasteiger partial charge in [0.05, 0.1) is 81.4 Å². The van der Waals surface area contributed by atoms with Crippen LogP contribution in [0.2, 0.25) is 0 Å². The van der Waals surface area contributed by atoms with E-state index < -0.39 is 35.8 Å². The van der Waals surface area contributed by atoms with Crippen LogP contribution in [0.1, 0.15) is 129 Å². The van der Waals surface area contributed by atoms with Gasteiger partial charge in [0.2, 0.25) is 0 Å². The molecule has 0 atom stereocenters. The Bertz CT molecular complexity index is 2990. The van der Waals surface area contributed by atoms with E-state index >= 15 is 0 Å². The summed E-state index contributed by atoms with van der Waals surface area (Å²) in [4.78, 5) is 73.2. The van der Waals surface area contributed by atoms with E-state index in [0.29, 0.717) is 76.1 Å². The van der Waals surface area contributed by atoms with Crippen LogP contribution in [0.4, 0.5) is 5.69 Å². The molecule has 0 bridgehead atoms. The standard InChI is InChI=1S/C67H78N2O16/c1-5-61(70)79-42-20-12-9-17-39-76-55-32-26-50(27-33-55)66(74)84-59-37-38-60(85-67(75)51-28-34-56(35-29-51)77-40-18-10-13-21-43-80-62(71)6-2)65(83-46-24-16-15-23-45-82-64(73)8-4)58(59)49-68-69-54-31-25-53-48-57(36-30-52(53)47-54)78-41-19-11-14-22-44-81-63(72)7-3/h5-8,25-38,47-49,69H,1-4,9-24,39-46H2/b68-49+. The van der Waals surface area contributed by atoms with Crippen LogP contribution < -0.4 is 33.8 Å². The van der Waals surface area contributed by atoms with Gasteiger partial charge < -0.3 is 47.4 Å². The van der Waals surface area contributed by atoms with E-state index in [2.05, 4.69) is 36.8 Å². The highest BCUT2D eigenvalue weighted by Gasteiger charge is 2.22. The molecular weight excluding hydrogens is 1090 g/mol. The van der Waals surface area contributed by atoms with Gasteiger partial charge in [0.1, 0.15) is 23.0 Å². The highest BCUT2D eigenvalue weighted by molar-refractivity contribution is 5.97. The number of benzene rings is 5. The number of hydrogen-bond donors (Lipinski definition) is 1. The van der Waals surface area contributed by atoms with Crippen LogP contribution in [-0.2, 0) is 38.1 Å². The molecule has 18 nitrogen and oxygen atoms in total. The molecule has 0 aliphatic heterocycles. The number of carbonyl (C=O) groups excluding carboxylic acids is 6. The van der Waals surface area contributed by atoms with Gasteiger partial charge in [-0.25, -0.2) is 28.8 Å². The van der Waals surface area contributed by atoms with E-state index in [0.717, 1.165) is 124 Å². The second-order valence-electron chi connectivity index (χ2n) is 19.3. The fraction of sp³-hybridized carbons (Fsp3) is 0.358. The molecule has 18 heteroatoms. The number of nitrogens with one attached hydrogen (secondary N) is 1. The molecule has 0 saturated heterocycles. The molecule has 1 N–H and O–H groups in total. The number of hydrogen-bond acceptors (Lipinski definition) is 18. The summed E-state index contributed by atoms with van der Waals surface area (Å²) in [6.45, 7) is 16.5. The third-order valence-electron chi connectivity index (χ3n) is 12.8. The van der Waals surface area contributed by atoms with E-state index in [1.807, 2.05) is 36.4 Å². The van der Waals surface area contributed by atoms with Crippen molar-refractivity contribution in [1.82, 2.24) is 0 Å². The zero-order chi connectivity index (χ0) is 60.7. The fourth-order valence-electron chi connectivity index (χ4n) is 8.15. The number of rotatable bonds is 43. The molecule has 5 rings (SSSR count). The van der Waals surface area contributed by atoms with Gasteiger partial charge in [-0.2, -0.15) is 5.10 Å². The number of hydrazone groups is 1. The van der Waals surface area contributed by atoms with Gasteiger partial charge in [0.15, 0.2) is 11.5 Å². The first-order valence-corrected chi connectivity index (χ1v) is 28.8. The molecule has 0 amide bonds. The summed E-state index contributed by atoms with van der Waals surface area (Å²) in [5.74, 6) is -1.09. The van der Waals surface area contributed by atoms with E-state index in [-0.39, 0.29) is 47.2 Å². The Hall–Kier alpha value is -9.19. The molecule has 5 aromatic carbocycles. The van der Waals surface area contributed by atoms with Crippen LogP contribution in [-0.4, -0.2) is 94.9 Å². The number of esters is 6. The van der Waals surface area contributed by atoms with Crippen molar-refractivity contribution in [3.05, 3.63) is 164 Å². The minimum atomic E-state index is -0.687. The molecule has 0 heterocycles. The lowest BCUT2D eigenvalue weighted by Gasteiger charge is -2.17. The van der Waals surface area contributed by atoms with Crippen molar-refractivity contribution in [3.63, 3.8) is 0 Å². The Labute approximate surface area is 497 Å². The van der Waals surface area contributed by atoms with Crippen molar-refractivity contribution in [2.75, 3.05) is 58.3 Å². The number of fused-ring (bicyclic) bond motifs is 1. The Morgan fingerprint density at radius 3 is 1.16 bits per heavy atom. The lowest BCUT2D eigenvalue weighted by atomic mass is 10.1. The van der Waals surface area contributed by atoms with Gasteiger partial charge in [-0.1, -0.05) is 38.4 Å². The molecule has 0 aromatic heterocycles. The van der Waals surface area contributed by atoms with Crippen molar-refractivity contribution in [1.29, 1.82) is 0 Å². The molecule has 0 spiro atoms. The minimum Gasteiger partial charge on any atom is -0.494 e. The lowest BCUT2D eigenvalue weighted by molar-refractivity contribution is -0.138. The van der Waals surface area contributed by atoms with Crippen LogP contribution in [0, 0.1) is 0 Å². The normalized spacial score (nSPS) is 10.7. The summed E-state index contributed by atoms with van der Waals surface area (Å²) in [5.41, 5.74) is 4.40. The van der Waals surface area contributed by atoms with Gasteiger partial charge in [-0.3, -0.25) is 5.43 Å². The van der Waals surface area contributed by atoms with E-state index in [1.165, 1.54) is 18.3 Å². The molecule has 0 aliphatic carbocycles. The molecule has 0 aliphatic rings. The van der Waals surface area contributed by atoms with Gasteiger partial charge in [0, 0.05) is 24.3 Å². The first-order chi connectivity index (χ1) is 41.5. The Morgan fingerprint density at radius 2 is 0.729 bits per heavy atom. The van der Waals surface area contributed by atoms with Crippen LogP contribution in [0.3, 0.4) is 0 Å². The van der Waals surface area contributed by atoms with Crippen LogP contribution in [0.15, 0.2) is 153 Å². The monoisotopic (exact) mass is 1170 g/mol. The van der Waals surface area contributed by atoms with E-state index in [4.69, 9.17) is 47.4 Å². The van der Waals surface area contributed by atoms with Crippen molar-refractivity contribution < 1.29 is 76.1 Å². The Kier molecular flexibility index (Phi) is 30.8. The predicted molar refractivity (Wildman–Crippen MR) is 325 cm³/mol. The van der Waals surface area contributed by atoms with Gasteiger partial charge >= 0.3 is 35.8 Å². The quantitative estimate of drug-likeness (QED) is 0.00729. The smallest absolute Gasteiger partial charge is 0.343 e. The molecule has 0 radical (unpaired) electrons. The number of carbonyl (C=O) groups is 6. The molecule has 0 saturated carbocycles. The highest BCUT2D eigenvalue weighted by Crippen LogP contribution is 2.38. The summed E-state index contributed by atoms with van der Waals surface area (Å²) in [7, 11) is 0. The van der Waals surface area contributed by atoms with Crippen LogP contribution >= 0.6 is 0 Å². The summed E-state index contributed by atoms with van der Waals surface area (Å²) in [6, 6.07) is 27.7. The third-order valence-corrected chi connectivity index (χ3v) is 12.8. The SMILES string of the molecule is C=CC(=O)OCCCCCCOc1ccc(C(=O)Oc2ccc(OC(=O)c3ccc(OCCCCCCOC(=O)C=C)cc3)c(OCCCCCCOC(=O)C=C)c2/C=N/Nc2ccc3cc(OCCCCCCOC(=O)C=C)ccc3c2)cc1. The third kappa shape index (κ3) is 25.9. The minimum absolute atomic E-state index is 0.0371. The van der Waals surface area contributed by atoms with Gasteiger partial charge in [-0.05, 0) is 198 Å². The number of unbranched alkanes of at least 4 members (excludes halogenated alkanes) is 12. The van der Waals surface area contributed by atoms with Crippen molar-refractivity contribution in [2.24, 2.45) is 5.10 Å². The molecule has 85 heavy (non-hydrogen) atoms. The van der Waals surface area contributed by atoms with Gasteiger partial charge in [-0.15, -0.1) is 0 Å². The van der Waals surface area contributed by atoms with Gasteiger partial charge in [0.25, 0.3) is 0 Å². The zero-order valence-corrected chi connectivity index (χ0v) is 48.4. The molecule has 452 valence electrons. The van der Waals surface area contributed by atoms with E-state index in [1.54, 1.807) is 48.5 Å². The van der Waals surface area contributed by atoms with Crippen molar-refractivity contribution in [3.8, 4) is 34.5 Å². The maximum Gasteiger partial charge on any atom is 0.343 e. The van der Waals surface area contributed by atoms with Crippen LogP contribution in [0.25, 0.3) is 10.8 Å². The number of nitrogens with zero attached hydrogens (tertiary/aromatic N) is 1. The molecular formula is C67H78N2O16. The second kappa shape index (κ2) is 39.3. The topological polar surface area (TPSA) is 219 Å². The van der Waals surface area contributed by atoms with Crippen molar-refractivity contribution in [2.45, 2.75) is 103 Å². The van der Waals surface area contributed by atoms with E-state index in [9.17, 15) is 28.8 Å². The predicted octanol–water partition coefficient (Wildman–Crippen LogP) is 13.4. The van der Waals surface area contributed by atoms with Crippen molar-refractivity contribution >= 4 is 58.5 Å². The average Bonchev–Trinajstić information content (AvgIpc) is 3.72. The summed E-state index contributed by atoms with van der Waals surface area (Å²) < 4.78 is 56.7. The Morgan fingerprint density at radius 1 is 0.376 bits per heavy atom. The lowest BCUT2D eigenvalue weighted by Crippen LogP contribution is -2.14. The Balaban J connectivity index is 1.32. The number of anilines is 1.